The molecule has 4 nitrogen and oxygen atoms in total. The Labute approximate surface area is 149 Å². The summed E-state index contributed by atoms with van der Waals surface area (Å²) in [6, 6.07) is 8.02. The predicted molar refractivity (Wildman–Crippen MR) is 92.6 cm³/mol. The van der Waals surface area contributed by atoms with Crippen LogP contribution in [-0.2, 0) is 4.79 Å². The van der Waals surface area contributed by atoms with Crippen molar-refractivity contribution in [1.29, 1.82) is 0 Å². The van der Waals surface area contributed by atoms with Gasteiger partial charge in [-0.1, -0.05) is 24.3 Å². The van der Waals surface area contributed by atoms with E-state index in [2.05, 4.69) is 5.43 Å². The maximum absolute atomic E-state index is 13.7. The SMILES string of the molecule is CC(C)(C)Oc1cccc2cc([C@H](N3CCC(=O)N3)C(F)(F)F)ccc12. The minimum absolute atomic E-state index is 0.0220. The minimum Gasteiger partial charge on any atom is -0.488 e. The molecule has 2 aromatic carbocycles. The summed E-state index contributed by atoms with van der Waals surface area (Å²) >= 11 is 0. The number of fused-ring (bicyclic) bond motifs is 1. The van der Waals surface area contributed by atoms with Crippen molar-refractivity contribution in [1.82, 2.24) is 10.4 Å². The second-order valence-corrected chi connectivity index (χ2v) is 7.37. The van der Waals surface area contributed by atoms with Crippen molar-refractivity contribution in [3.05, 3.63) is 42.0 Å². The van der Waals surface area contributed by atoms with Crippen LogP contribution >= 0.6 is 0 Å². The van der Waals surface area contributed by atoms with Gasteiger partial charge in [0, 0.05) is 18.4 Å². The molecule has 1 saturated heterocycles. The van der Waals surface area contributed by atoms with E-state index in [9.17, 15) is 18.0 Å². The summed E-state index contributed by atoms with van der Waals surface area (Å²) in [5.74, 6) is 0.223. The van der Waals surface area contributed by atoms with Gasteiger partial charge in [-0.15, -0.1) is 0 Å². The molecule has 0 aromatic heterocycles. The average Bonchev–Trinajstić information content (AvgIpc) is 2.90. The molecule has 0 spiro atoms. The summed E-state index contributed by atoms with van der Waals surface area (Å²) in [6.45, 7) is 5.76. The topological polar surface area (TPSA) is 41.6 Å². The monoisotopic (exact) mass is 366 g/mol. The van der Waals surface area contributed by atoms with Crippen LogP contribution in [0.25, 0.3) is 10.8 Å². The molecule has 1 atom stereocenters. The highest BCUT2D eigenvalue weighted by molar-refractivity contribution is 5.89. The quantitative estimate of drug-likeness (QED) is 0.878. The molecule has 1 aliphatic rings. The van der Waals surface area contributed by atoms with E-state index >= 15 is 0 Å². The van der Waals surface area contributed by atoms with Crippen LogP contribution in [-0.4, -0.2) is 29.2 Å². The fourth-order valence-electron chi connectivity index (χ4n) is 3.09. The van der Waals surface area contributed by atoms with Gasteiger partial charge in [0.05, 0.1) is 0 Å². The van der Waals surface area contributed by atoms with Crippen LogP contribution in [0.3, 0.4) is 0 Å². The van der Waals surface area contributed by atoms with Gasteiger partial charge in [0.15, 0.2) is 0 Å². The van der Waals surface area contributed by atoms with Crippen LogP contribution < -0.4 is 10.2 Å². The lowest BCUT2D eigenvalue weighted by Gasteiger charge is -2.29. The third-order valence-electron chi connectivity index (χ3n) is 4.07. The molecule has 7 heteroatoms. The molecular weight excluding hydrogens is 345 g/mol. The number of ether oxygens (including phenoxy) is 1. The Morgan fingerprint density at radius 1 is 1.15 bits per heavy atom. The lowest BCUT2D eigenvalue weighted by Crippen LogP contribution is -2.43. The fourth-order valence-corrected chi connectivity index (χ4v) is 3.09. The number of hydrogen-bond acceptors (Lipinski definition) is 3. The Kier molecular flexibility index (Phi) is 4.60. The van der Waals surface area contributed by atoms with Crippen LogP contribution in [0.15, 0.2) is 36.4 Å². The molecule has 1 N–H and O–H groups in total. The van der Waals surface area contributed by atoms with E-state index in [1.165, 1.54) is 12.1 Å². The van der Waals surface area contributed by atoms with Crippen LogP contribution in [0.5, 0.6) is 5.75 Å². The van der Waals surface area contributed by atoms with Gasteiger partial charge in [-0.25, -0.2) is 5.01 Å². The molecule has 3 rings (SSSR count). The van der Waals surface area contributed by atoms with Crippen molar-refractivity contribution in [2.75, 3.05) is 6.54 Å². The lowest BCUT2D eigenvalue weighted by atomic mass is 10.00. The van der Waals surface area contributed by atoms with Crippen molar-refractivity contribution < 1.29 is 22.7 Å². The number of hydrogen-bond donors (Lipinski definition) is 1. The number of halogens is 3. The van der Waals surface area contributed by atoms with Crippen molar-refractivity contribution in [2.24, 2.45) is 0 Å². The van der Waals surface area contributed by atoms with Crippen molar-refractivity contribution >= 4 is 16.7 Å². The molecule has 0 unspecified atom stereocenters. The third kappa shape index (κ3) is 3.93. The molecule has 26 heavy (non-hydrogen) atoms. The highest BCUT2D eigenvalue weighted by Gasteiger charge is 2.46. The van der Waals surface area contributed by atoms with Crippen molar-refractivity contribution in [3.8, 4) is 5.75 Å². The minimum atomic E-state index is -4.51. The molecule has 1 aliphatic heterocycles. The van der Waals surface area contributed by atoms with Crippen molar-refractivity contribution in [3.63, 3.8) is 0 Å². The molecule has 140 valence electrons. The molecule has 1 heterocycles. The Balaban J connectivity index is 2.03. The molecule has 0 aliphatic carbocycles. The molecule has 0 saturated carbocycles. The molecule has 1 amide bonds. The van der Waals surface area contributed by atoms with Crippen LogP contribution in [0.4, 0.5) is 13.2 Å². The van der Waals surface area contributed by atoms with Gasteiger partial charge in [-0.05, 0) is 43.9 Å². The van der Waals surface area contributed by atoms with E-state index in [0.717, 1.165) is 10.4 Å². The van der Waals surface area contributed by atoms with Crippen LogP contribution in [0.1, 0.15) is 38.8 Å². The molecule has 0 radical (unpaired) electrons. The van der Waals surface area contributed by atoms with Gasteiger partial charge in [-0.2, -0.15) is 13.2 Å². The van der Waals surface area contributed by atoms with Crippen LogP contribution in [0, 0.1) is 0 Å². The van der Waals surface area contributed by atoms with Crippen LogP contribution in [0.2, 0.25) is 0 Å². The summed E-state index contributed by atoms with van der Waals surface area (Å²) in [4.78, 5) is 11.4. The highest BCUT2D eigenvalue weighted by Crippen LogP contribution is 2.40. The largest absolute Gasteiger partial charge is 0.488 e. The van der Waals surface area contributed by atoms with Gasteiger partial charge < -0.3 is 4.74 Å². The molecule has 0 bridgehead atoms. The summed E-state index contributed by atoms with van der Waals surface area (Å²) in [6.07, 6.45) is -4.45. The zero-order valence-electron chi connectivity index (χ0n) is 14.9. The third-order valence-corrected chi connectivity index (χ3v) is 4.07. The van der Waals surface area contributed by atoms with Crippen molar-refractivity contribution in [2.45, 2.75) is 45.0 Å². The lowest BCUT2D eigenvalue weighted by molar-refractivity contribution is -0.191. The fraction of sp³-hybridized carbons (Fsp3) is 0.421. The van der Waals surface area contributed by atoms with Gasteiger partial charge in [-0.3, -0.25) is 10.2 Å². The highest BCUT2D eigenvalue weighted by atomic mass is 19.4. The molecule has 1 fully saturated rings. The summed E-state index contributed by atoms with van der Waals surface area (Å²) in [5, 5.41) is 2.36. The maximum Gasteiger partial charge on any atom is 0.409 e. The predicted octanol–water partition coefficient (Wildman–Crippen LogP) is 4.36. The Bertz CT molecular complexity index is 828. The Morgan fingerprint density at radius 2 is 1.88 bits per heavy atom. The first-order chi connectivity index (χ1) is 12.0. The molecular formula is C19H21F3N2O2. The average molecular weight is 366 g/mol. The van der Waals surface area contributed by atoms with Gasteiger partial charge in [0.25, 0.3) is 0 Å². The van der Waals surface area contributed by atoms with Gasteiger partial charge in [0.2, 0.25) is 5.91 Å². The number of alkyl halides is 3. The number of amides is 1. The normalized spacial score (nSPS) is 17.4. The van der Waals surface area contributed by atoms with Gasteiger partial charge >= 0.3 is 6.18 Å². The second-order valence-electron chi connectivity index (χ2n) is 7.37. The number of benzene rings is 2. The number of hydrazine groups is 1. The summed E-state index contributed by atoms with van der Waals surface area (Å²) < 4.78 is 46.9. The smallest absolute Gasteiger partial charge is 0.409 e. The number of rotatable bonds is 3. The first-order valence-corrected chi connectivity index (χ1v) is 8.39. The zero-order chi connectivity index (χ0) is 19.1. The Morgan fingerprint density at radius 3 is 2.46 bits per heavy atom. The summed E-state index contributed by atoms with van der Waals surface area (Å²) in [7, 11) is 0. The van der Waals surface area contributed by atoms with E-state index in [1.54, 1.807) is 24.3 Å². The second kappa shape index (κ2) is 6.46. The van der Waals surface area contributed by atoms with E-state index < -0.39 is 23.7 Å². The van der Waals surface area contributed by atoms with E-state index in [4.69, 9.17) is 4.74 Å². The maximum atomic E-state index is 13.7. The van der Waals surface area contributed by atoms with E-state index in [0.29, 0.717) is 11.1 Å². The molecule has 2 aromatic rings. The van der Waals surface area contributed by atoms with E-state index in [-0.39, 0.29) is 18.5 Å². The zero-order valence-corrected chi connectivity index (χ0v) is 14.9. The number of nitrogens with one attached hydrogen (secondary N) is 1. The summed E-state index contributed by atoms with van der Waals surface area (Å²) in [5.41, 5.74) is 1.97. The van der Waals surface area contributed by atoms with Gasteiger partial charge in [0.1, 0.15) is 17.4 Å². The first-order valence-electron chi connectivity index (χ1n) is 8.39. The number of carbonyl (C=O) groups is 1. The Hall–Kier alpha value is -2.28. The number of carbonyl (C=O) groups excluding carboxylic acids is 1. The van der Waals surface area contributed by atoms with E-state index in [1.807, 2.05) is 20.8 Å². The first kappa shape index (κ1) is 18.5. The standard InChI is InChI=1S/C19H21F3N2O2/c1-18(2,3)26-15-6-4-5-12-11-13(7-8-14(12)15)17(19(20,21)22)24-10-9-16(25)23-24/h4-8,11,17H,9-10H2,1-3H3,(H,23,25)/t17-/m0/s1. The number of nitrogens with zero attached hydrogens (tertiary/aromatic N) is 1.